The fourth-order valence-corrected chi connectivity index (χ4v) is 2.68. The van der Waals surface area contributed by atoms with Gasteiger partial charge in [0.25, 0.3) is 0 Å². The van der Waals surface area contributed by atoms with E-state index in [1.54, 1.807) is 31.3 Å². The number of nitrogens with two attached hydrogens (primary N) is 1. The molecule has 16 heavy (non-hydrogen) atoms. The first-order chi connectivity index (χ1) is 7.56. The monoisotopic (exact) mass is 236 g/mol. The van der Waals surface area contributed by atoms with Crippen molar-refractivity contribution in [3.63, 3.8) is 0 Å². The van der Waals surface area contributed by atoms with Gasteiger partial charge < -0.3 is 5.73 Å². The summed E-state index contributed by atoms with van der Waals surface area (Å²) in [6.45, 7) is 1.62. The highest BCUT2D eigenvalue weighted by molar-refractivity contribution is 7.91. The smallest absolute Gasteiger partial charge is 0.178 e. The van der Waals surface area contributed by atoms with Crippen LogP contribution in [0.1, 0.15) is 6.92 Å². The van der Waals surface area contributed by atoms with Gasteiger partial charge in [0.05, 0.1) is 21.9 Å². The third-order valence-electron chi connectivity index (χ3n) is 2.48. The molecule has 0 fully saturated rings. The van der Waals surface area contributed by atoms with E-state index >= 15 is 0 Å². The highest BCUT2D eigenvalue weighted by Crippen LogP contribution is 2.26. The first kappa shape index (κ1) is 10.9. The molecule has 1 heterocycles. The van der Waals surface area contributed by atoms with Crippen LogP contribution >= 0.6 is 0 Å². The Morgan fingerprint density at radius 3 is 2.75 bits per heavy atom. The lowest BCUT2D eigenvalue weighted by molar-refractivity contribution is 0.598. The fourth-order valence-electron chi connectivity index (χ4n) is 1.60. The molecule has 0 saturated carbocycles. The van der Waals surface area contributed by atoms with Gasteiger partial charge >= 0.3 is 0 Å². The van der Waals surface area contributed by atoms with E-state index in [0.29, 0.717) is 21.5 Å². The van der Waals surface area contributed by atoms with Crippen LogP contribution < -0.4 is 5.73 Å². The predicted octanol–water partition coefficient (Wildman–Crippen LogP) is 1.61. The highest BCUT2D eigenvalue weighted by atomic mass is 32.2. The molecule has 1 aromatic carbocycles. The summed E-state index contributed by atoms with van der Waals surface area (Å²) in [5.41, 5.74) is 6.78. The van der Waals surface area contributed by atoms with Gasteiger partial charge in [0.15, 0.2) is 9.84 Å². The number of sulfone groups is 1. The maximum absolute atomic E-state index is 11.9. The number of aromatic nitrogens is 1. The summed E-state index contributed by atoms with van der Waals surface area (Å²) >= 11 is 0. The molecule has 84 valence electrons. The molecular formula is C11H12N2O2S. The molecule has 5 heteroatoms. The van der Waals surface area contributed by atoms with Gasteiger partial charge in [0.1, 0.15) is 0 Å². The Morgan fingerprint density at radius 1 is 1.31 bits per heavy atom. The molecule has 0 saturated heterocycles. The number of fused-ring (bicyclic) bond motifs is 1. The number of pyridine rings is 1. The summed E-state index contributed by atoms with van der Waals surface area (Å²) in [7, 11) is -3.24. The van der Waals surface area contributed by atoms with Gasteiger partial charge in [-0.25, -0.2) is 8.42 Å². The van der Waals surface area contributed by atoms with Crippen molar-refractivity contribution in [1.82, 2.24) is 4.98 Å². The van der Waals surface area contributed by atoms with E-state index in [1.165, 1.54) is 6.07 Å². The Labute approximate surface area is 94.0 Å². The summed E-state index contributed by atoms with van der Waals surface area (Å²) in [4.78, 5) is 4.40. The van der Waals surface area contributed by atoms with Gasteiger partial charge in [-0.05, 0) is 24.3 Å². The minimum Gasteiger partial charge on any atom is -0.397 e. The zero-order valence-electron chi connectivity index (χ0n) is 8.84. The largest absolute Gasteiger partial charge is 0.397 e. The van der Waals surface area contributed by atoms with Gasteiger partial charge in [-0.3, -0.25) is 4.98 Å². The molecule has 0 amide bonds. The van der Waals surface area contributed by atoms with Crippen LogP contribution in [0.2, 0.25) is 0 Å². The maximum Gasteiger partial charge on any atom is 0.178 e. The van der Waals surface area contributed by atoms with Crippen molar-refractivity contribution in [1.29, 1.82) is 0 Å². The average Bonchev–Trinajstić information content (AvgIpc) is 2.29. The molecule has 2 aromatic rings. The Morgan fingerprint density at radius 2 is 2.06 bits per heavy atom. The second-order valence-corrected chi connectivity index (χ2v) is 5.70. The summed E-state index contributed by atoms with van der Waals surface area (Å²) < 4.78 is 23.7. The summed E-state index contributed by atoms with van der Waals surface area (Å²) in [6.07, 6.45) is 1.60. The lowest BCUT2D eigenvalue weighted by Gasteiger charge is -2.07. The average molecular weight is 236 g/mol. The van der Waals surface area contributed by atoms with E-state index in [9.17, 15) is 8.42 Å². The van der Waals surface area contributed by atoms with Gasteiger partial charge in [0.2, 0.25) is 0 Å². The van der Waals surface area contributed by atoms with Crippen LogP contribution in [-0.4, -0.2) is 19.2 Å². The highest BCUT2D eigenvalue weighted by Gasteiger charge is 2.16. The predicted molar refractivity (Wildman–Crippen MR) is 63.9 cm³/mol. The number of nitrogens with zero attached hydrogens (tertiary/aromatic N) is 1. The van der Waals surface area contributed by atoms with Gasteiger partial charge in [-0.1, -0.05) is 6.92 Å². The second-order valence-electron chi connectivity index (χ2n) is 3.46. The van der Waals surface area contributed by atoms with Crippen LogP contribution in [0.15, 0.2) is 35.4 Å². The molecule has 1 aromatic heterocycles. The lowest BCUT2D eigenvalue weighted by Crippen LogP contribution is -2.05. The number of hydrogen-bond donors (Lipinski definition) is 1. The molecule has 2 N–H and O–H groups in total. The fraction of sp³-hybridized carbons (Fsp3) is 0.182. The first-order valence-corrected chi connectivity index (χ1v) is 6.57. The SMILES string of the molecule is CCS(=O)(=O)c1ccc(N)c2ncccc12. The minimum absolute atomic E-state index is 0.0703. The zero-order chi connectivity index (χ0) is 11.8. The van der Waals surface area contributed by atoms with Gasteiger partial charge in [-0.2, -0.15) is 0 Å². The van der Waals surface area contributed by atoms with Crippen molar-refractivity contribution in [2.75, 3.05) is 11.5 Å². The number of anilines is 1. The normalized spacial score (nSPS) is 11.8. The molecule has 0 bridgehead atoms. The van der Waals surface area contributed by atoms with Crippen molar-refractivity contribution in [3.8, 4) is 0 Å². The van der Waals surface area contributed by atoms with Crippen molar-refractivity contribution < 1.29 is 8.42 Å². The maximum atomic E-state index is 11.9. The van der Waals surface area contributed by atoms with Crippen molar-refractivity contribution in [2.45, 2.75) is 11.8 Å². The van der Waals surface area contributed by atoms with Crippen LogP contribution in [0.25, 0.3) is 10.9 Å². The number of nitrogen functional groups attached to an aromatic ring is 1. The van der Waals surface area contributed by atoms with E-state index in [1.807, 2.05) is 0 Å². The van der Waals surface area contributed by atoms with Crippen molar-refractivity contribution in [2.24, 2.45) is 0 Å². The van der Waals surface area contributed by atoms with E-state index in [-0.39, 0.29) is 5.75 Å². The summed E-state index contributed by atoms with van der Waals surface area (Å²) in [5.74, 6) is 0.0703. The van der Waals surface area contributed by atoms with Crippen LogP contribution in [-0.2, 0) is 9.84 Å². The van der Waals surface area contributed by atoms with Crippen LogP contribution in [0.3, 0.4) is 0 Å². The number of hydrogen-bond acceptors (Lipinski definition) is 4. The molecule has 0 aliphatic carbocycles. The molecule has 0 spiro atoms. The van der Waals surface area contributed by atoms with Gasteiger partial charge in [-0.15, -0.1) is 0 Å². The van der Waals surface area contributed by atoms with Crippen LogP contribution in [0, 0.1) is 0 Å². The summed E-state index contributed by atoms with van der Waals surface area (Å²) in [6, 6.07) is 6.55. The van der Waals surface area contributed by atoms with Gasteiger partial charge in [0, 0.05) is 11.6 Å². The molecule has 0 radical (unpaired) electrons. The first-order valence-electron chi connectivity index (χ1n) is 4.92. The third-order valence-corrected chi connectivity index (χ3v) is 4.26. The van der Waals surface area contributed by atoms with E-state index in [2.05, 4.69) is 4.98 Å². The Hall–Kier alpha value is -1.62. The topological polar surface area (TPSA) is 73.0 Å². The Bertz CT molecular complexity index is 635. The molecule has 0 aliphatic heterocycles. The van der Waals surface area contributed by atoms with E-state index < -0.39 is 9.84 Å². The Balaban J connectivity index is 2.88. The molecule has 0 unspecified atom stereocenters. The quantitative estimate of drug-likeness (QED) is 0.804. The minimum atomic E-state index is -3.24. The van der Waals surface area contributed by atoms with Crippen molar-refractivity contribution >= 4 is 26.4 Å². The molecule has 0 aliphatic rings. The molecule has 2 rings (SSSR count). The van der Waals surface area contributed by atoms with Crippen molar-refractivity contribution in [3.05, 3.63) is 30.5 Å². The standard InChI is InChI=1S/C11H12N2O2S/c1-2-16(14,15)10-6-5-9(12)11-8(10)4-3-7-13-11/h3-7H,2,12H2,1H3. The van der Waals surface area contributed by atoms with E-state index in [4.69, 9.17) is 5.73 Å². The number of benzene rings is 1. The second kappa shape index (κ2) is 3.75. The van der Waals surface area contributed by atoms with Crippen LogP contribution in [0.5, 0.6) is 0 Å². The third kappa shape index (κ3) is 1.63. The molecular weight excluding hydrogens is 224 g/mol. The van der Waals surface area contributed by atoms with E-state index in [0.717, 1.165) is 0 Å². The lowest BCUT2D eigenvalue weighted by atomic mass is 10.2. The summed E-state index contributed by atoms with van der Waals surface area (Å²) in [5, 5.41) is 0.587. The van der Waals surface area contributed by atoms with Crippen LogP contribution in [0.4, 0.5) is 5.69 Å². The Kier molecular flexibility index (Phi) is 2.55. The zero-order valence-corrected chi connectivity index (χ0v) is 9.66. The number of rotatable bonds is 2. The molecule has 0 atom stereocenters. The molecule has 4 nitrogen and oxygen atoms in total.